The molecular formula is C19H22BrN5O2. The molecular weight excluding hydrogens is 410 g/mol. The highest BCUT2D eigenvalue weighted by Gasteiger charge is 2.30. The third-order valence-electron chi connectivity index (χ3n) is 5.67. The summed E-state index contributed by atoms with van der Waals surface area (Å²) in [7, 11) is 1.88. The van der Waals surface area contributed by atoms with Crippen molar-refractivity contribution in [2.75, 3.05) is 32.0 Å². The van der Waals surface area contributed by atoms with Crippen LogP contribution in [0.15, 0.2) is 21.2 Å². The number of amides is 1. The lowest BCUT2D eigenvalue weighted by atomic mass is 9.89. The lowest BCUT2D eigenvalue weighted by Crippen LogP contribution is -2.53. The van der Waals surface area contributed by atoms with E-state index in [9.17, 15) is 4.79 Å². The van der Waals surface area contributed by atoms with E-state index in [2.05, 4.69) is 31.1 Å². The van der Waals surface area contributed by atoms with Crippen molar-refractivity contribution in [3.8, 4) is 6.07 Å². The molecule has 1 saturated heterocycles. The Morgan fingerprint density at radius 1 is 1.33 bits per heavy atom. The number of halogens is 1. The summed E-state index contributed by atoms with van der Waals surface area (Å²) in [5.74, 6) is 1.29. The third kappa shape index (κ3) is 3.66. The highest BCUT2D eigenvalue weighted by atomic mass is 79.9. The van der Waals surface area contributed by atoms with Gasteiger partial charge in [-0.15, -0.1) is 0 Å². The van der Waals surface area contributed by atoms with Crippen LogP contribution in [-0.4, -0.2) is 59.5 Å². The molecule has 1 saturated carbocycles. The van der Waals surface area contributed by atoms with Crippen molar-refractivity contribution in [2.45, 2.75) is 37.8 Å². The average Bonchev–Trinajstić information content (AvgIpc) is 3.11. The number of anilines is 1. The van der Waals surface area contributed by atoms with Crippen LogP contribution in [0, 0.1) is 11.3 Å². The number of aromatic nitrogens is 1. The molecule has 0 aromatic carbocycles. The molecule has 142 valence electrons. The smallest absolute Gasteiger partial charge is 0.236 e. The molecule has 1 aliphatic carbocycles. The van der Waals surface area contributed by atoms with Crippen LogP contribution in [0.4, 0.5) is 5.82 Å². The molecule has 1 amide bonds. The van der Waals surface area contributed by atoms with Gasteiger partial charge >= 0.3 is 0 Å². The van der Waals surface area contributed by atoms with Gasteiger partial charge in [-0.2, -0.15) is 5.26 Å². The highest BCUT2D eigenvalue weighted by molar-refractivity contribution is 9.10. The molecule has 0 unspecified atom stereocenters. The molecule has 7 nitrogen and oxygen atoms in total. The number of piperazine rings is 1. The number of hydrogen-bond acceptors (Lipinski definition) is 6. The fraction of sp³-hybridized carbons (Fsp3) is 0.526. The van der Waals surface area contributed by atoms with E-state index in [0.717, 1.165) is 54.4 Å². The van der Waals surface area contributed by atoms with Crippen LogP contribution >= 0.6 is 15.9 Å². The highest BCUT2D eigenvalue weighted by Crippen LogP contribution is 2.33. The van der Waals surface area contributed by atoms with Crippen molar-refractivity contribution in [3.63, 3.8) is 0 Å². The third-order valence-corrected chi connectivity index (χ3v) is 6.47. The van der Waals surface area contributed by atoms with E-state index >= 15 is 0 Å². The molecule has 4 rings (SSSR count). The second kappa shape index (κ2) is 7.49. The molecule has 2 aromatic heterocycles. The predicted octanol–water partition coefficient (Wildman–Crippen LogP) is 2.96. The Balaban J connectivity index is 1.38. The summed E-state index contributed by atoms with van der Waals surface area (Å²) < 4.78 is 6.25. The van der Waals surface area contributed by atoms with E-state index in [0.29, 0.717) is 24.2 Å². The predicted molar refractivity (Wildman–Crippen MR) is 105 cm³/mol. The lowest BCUT2D eigenvalue weighted by Gasteiger charge is -2.40. The molecule has 1 N–H and O–H groups in total. The van der Waals surface area contributed by atoms with Gasteiger partial charge in [0.1, 0.15) is 11.9 Å². The van der Waals surface area contributed by atoms with Gasteiger partial charge in [0.25, 0.3) is 0 Å². The SMILES string of the molecule is CN1CCN(C2CCC(Nc3ncc4oc(C#N)cc4c3Br)CC2)CC1=O. The van der Waals surface area contributed by atoms with Gasteiger partial charge < -0.3 is 14.6 Å². The number of carbonyl (C=O) groups excluding carboxylic acids is 1. The van der Waals surface area contributed by atoms with Gasteiger partial charge in [0.15, 0.2) is 5.58 Å². The molecule has 2 fully saturated rings. The van der Waals surface area contributed by atoms with Crippen molar-refractivity contribution in [2.24, 2.45) is 0 Å². The number of nitriles is 1. The van der Waals surface area contributed by atoms with Crippen molar-refractivity contribution in [3.05, 3.63) is 22.5 Å². The Hall–Kier alpha value is -2.11. The van der Waals surface area contributed by atoms with E-state index in [1.807, 2.05) is 18.0 Å². The number of carbonyl (C=O) groups is 1. The lowest BCUT2D eigenvalue weighted by molar-refractivity contribution is -0.135. The maximum atomic E-state index is 12.0. The van der Waals surface area contributed by atoms with Crippen LogP contribution in [0.25, 0.3) is 11.0 Å². The minimum absolute atomic E-state index is 0.222. The summed E-state index contributed by atoms with van der Waals surface area (Å²) in [6.45, 7) is 2.34. The van der Waals surface area contributed by atoms with Gasteiger partial charge in [-0.25, -0.2) is 4.98 Å². The zero-order valence-electron chi connectivity index (χ0n) is 15.2. The van der Waals surface area contributed by atoms with Crippen molar-refractivity contribution >= 4 is 38.6 Å². The van der Waals surface area contributed by atoms with E-state index in [1.165, 1.54) is 0 Å². The summed E-state index contributed by atoms with van der Waals surface area (Å²) in [5.41, 5.74) is 0.604. The van der Waals surface area contributed by atoms with E-state index in [1.54, 1.807) is 12.3 Å². The van der Waals surface area contributed by atoms with Crippen LogP contribution < -0.4 is 5.32 Å². The first-order chi connectivity index (χ1) is 13.0. The number of rotatable bonds is 3. The topological polar surface area (TPSA) is 85.4 Å². The van der Waals surface area contributed by atoms with Crippen LogP contribution in [0.3, 0.4) is 0 Å². The Labute approximate surface area is 166 Å². The molecule has 0 radical (unpaired) electrons. The van der Waals surface area contributed by atoms with Gasteiger partial charge in [-0.3, -0.25) is 9.69 Å². The number of nitrogens with one attached hydrogen (secondary N) is 1. The second-order valence-electron chi connectivity index (χ2n) is 7.36. The maximum absolute atomic E-state index is 12.0. The molecule has 0 spiro atoms. The number of pyridine rings is 1. The quantitative estimate of drug-likeness (QED) is 0.803. The molecule has 8 heteroatoms. The van der Waals surface area contributed by atoms with Crippen LogP contribution in [0.2, 0.25) is 0 Å². The molecule has 1 aliphatic heterocycles. The largest absolute Gasteiger partial charge is 0.444 e. The summed E-state index contributed by atoms with van der Waals surface area (Å²) in [4.78, 5) is 20.6. The monoisotopic (exact) mass is 431 g/mol. The van der Waals surface area contributed by atoms with Gasteiger partial charge in [0.05, 0.1) is 17.2 Å². The normalized spacial score (nSPS) is 24.2. The maximum Gasteiger partial charge on any atom is 0.236 e. The summed E-state index contributed by atoms with van der Waals surface area (Å²) in [6.07, 6.45) is 5.92. The Bertz CT molecular complexity index is 897. The van der Waals surface area contributed by atoms with Gasteiger partial charge in [0.2, 0.25) is 11.7 Å². The van der Waals surface area contributed by atoms with Crippen molar-refractivity contribution < 1.29 is 9.21 Å². The number of fused-ring (bicyclic) bond motifs is 1. The molecule has 0 atom stereocenters. The van der Waals surface area contributed by atoms with E-state index in [4.69, 9.17) is 9.68 Å². The molecule has 2 aliphatic rings. The van der Waals surface area contributed by atoms with E-state index < -0.39 is 0 Å². The number of furan rings is 1. The fourth-order valence-corrected chi connectivity index (χ4v) is 4.53. The summed E-state index contributed by atoms with van der Waals surface area (Å²) in [6, 6.07) is 4.60. The molecule has 0 bridgehead atoms. The Morgan fingerprint density at radius 3 is 2.81 bits per heavy atom. The van der Waals surface area contributed by atoms with Crippen molar-refractivity contribution in [1.29, 1.82) is 5.26 Å². The zero-order valence-corrected chi connectivity index (χ0v) is 16.8. The van der Waals surface area contributed by atoms with E-state index in [-0.39, 0.29) is 11.7 Å². The van der Waals surface area contributed by atoms with Gasteiger partial charge in [-0.1, -0.05) is 0 Å². The minimum Gasteiger partial charge on any atom is -0.444 e. The number of nitrogens with zero attached hydrogens (tertiary/aromatic N) is 4. The van der Waals surface area contributed by atoms with Gasteiger partial charge in [-0.05, 0) is 41.6 Å². The summed E-state index contributed by atoms with van der Waals surface area (Å²) >= 11 is 3.59. The minimum atomic E-state index is 0.222. The standard InChI is InChI=1S/C19H22BrN5O2/c1-24-6-7-25(11-17(24)26)13-4-2-12(3-5-13)23-19-18(20)15-8-14(9-21)27-16(15)10-22-19/h8,10,12-13H,2-7,11H2,1H3,(H,22,23). The fourth-order valence-electron chi connectivity index (χ4n) is 4.00. The molecule has 2 aromatic rings. The molecule has 27 heavy (non-hydrogen) atoms. The first-order valence-electron chi connectivity index (χ1n) is 9.28. The zero-order chi connectivity index (χ0) is 19.0. The van der Waals surface area contributed by atoms with Crippen LogP contribution in [0.5, 0.6) is 0 Å². The number of hydrogen-bond donors (Lipinski definition) is 1. The van der Waals surface area contributed by atoms with Crippen LogP contribution in [-0.2, 0) is 4.79 Å². The van der Waals surface area contributed by atoms with Gasteiger partial charge in [0, 0.05) is 43.7 Å². The Kier molecular flexibility index (Phi) is 5.06. The molecule has 3 heterocycles. The Morgan fingerprint density at radius 2 is 2.11 bits per heavy atom. The first kappa shape index (κ1) is 18.3. The average molecular weight is 432 g/mol. The second-order valence-corrected chi connectivity index (χ2v) is 8.15. The van der Waals surface area contributed by atoms with Crippen molar-refractivity contribution in [1.82, 2.24) is 14.8 Å². The first-order valence-corrected chi connectivity index (χ1v) is 10.1. The van der Waals surface area contributed by atoms with Crippen LogP contribution in [0.1, 0.15) is 31.4 Å². The number of likely N-dealkylation sites (N-methyl/N-ethyl adjacent to an activating group) is 1. The summed E-state index contributed by atoms with van der Waals surface area (Å²) in [5, 5.41) is 13.4.